The van der Waals surface area contributed by atoms with E-state index in [0.717, 1.165) is 13.0 Å². The quantitative estimate of drug-likeness (QED) is 0.532. The monoisotopic (exact) mass is 348 g/mol. The minimum Gasteiger partial charge on any atom is -0.357 e. The lowest BCUT2D eigenvalue weighted by molar-refractivity contribution is -0.114. The van der Waals surface area contributed by atoms with Gasteiger partial charge in [0.15, 0.2) is 5.96 Å². The molecule has 0 unspecified atom stereocenters. The van der Waals surface area contributed by atoms with Crippen molar-refractivity contribution in [3.8, 4) is 0 Å². The zero-order valence-corrected chi connectivity index (χ0v) is 14.3. The van der Waals surface area contributed by atoms with Gasteiger partial charge in [-0.1, -0.05) is 12.1 Å². The van der Waals surface area contributed by atoms with Gasteiger partial charge in [0.2, 0.25) is 5.91 Å². The summed E-state index contributed by atoms with van der Waals surface area (Å²) in [5.41, 5.74) is 0.422. The molecule has 0 aliphatic heterocycles. The minimum absolute atomic E-state index is 0.0369. The lowest BCUT2D eigenvalue weighted by Gasteiger charge is -2.11. The van der Waals surface area contributed by atoms with E-state index < -0.39 is 0 Å². The first kappa shape index (κ1) is 17.9. The number of nitrogens with one attached hydrogen (secondary N) is 3. The lowest BCUT2D eigenvalue weighted by Crippen LogP contribution is -2.39. The van der Waals surface area contributed by atoms with E-state index >= 15 is 0 Å². The number of aliphatic imine (C=N–C) groups is 1. The third-order valence-electron chi connectivity index (χ3n) is 3.08. The van der Waals surface area contributed by atoms with Crippen LogP contribution in [-0.2, 0) is 11.2 Å². The number of thiophene rings is 1. The van der Waals surface area contributed by atoms with Crippen molar-refractivity contribution in [2.24, 2.45) is 4.99 Å². The van der Waals surface area contributed by atoms with E-state index in [-0.39, 0.29) is 18.3 Å². The summed E-state index contributed by atoms with van der Waals surface area (Å²) >= 11 is 1.71. The van der Waals surface area contributed by atoms with Gasteiger partial charge in [0.1, 0.15) is 12.4 Å². The molecule has 0 aliphatic carbocycles. The summed E-state index contributed by atoms with van der Waals surface area (Å²) in [7, 11) is 0. The van der Waals surface area contributed by atoms with Gasteiger partial charge in [0.05, 0.1) is 0 Å². The fourth-order valence-electron chi connectivity index (χ4n) is 2.02. The summed E-state index contributed by atoms with van der Waals surface area (Å²) < 4.78 is 13.1. The predicted octanol–water partition coefficient (Wildman–Crippen LogP) is 2.62. The summed E-state index contributed by atoms with van der Waals surface area (Å²) in [6.45, 7) is 3.36. The maximum Gasteiger partial charge on any atom is 0.246 e. The number of anilines is 1. The second kappa shape index (κ2) is 9.67. The number of amides is 1. The molecule has 0 saturated carbocycles. The molecule has 1 amide bonds. The highest BCUT2D eigenvalue weighted by Gasteiger charge is 2.04. The molecule has 24 heavy (non-hydrogen) atoms. The van der Waals surface area contributed by atoms with Crippen LogP contribution in [0, 0.1) is 5.82 Å². The Morgan fingerprint density at radius 2 is 2.12 bits per heavy atom. The van der Waals surface area contributed by atoms with Gasteiger partial charge in [-0.2, -0.15) is 0 Å². The summed E-state index contributed by atoms with van der Waals surface area (Å²) in [4.78, 5) is 17.4. The molecule has 0 spiro atoms. The average molecular weight is 348 g/mol. The molecular formula is C17H21FN4OS. The van der Waals surface area contributed by atoms with Gasteiger partial charge in [-0.3, -0.25) is 4.79 Å². The first-order valence-corrected chi connectivity index (χ1v) is 8.65. The number of carbonyl (C=O) groups excluding carboxylic acids is 1. The molecule has 7 heteroatoms. The molecule has 3 N–H and O–H groups in total. The topological polar surface area (TPSA) is 65.5 Å². The van der Waals surface area contributed by atoms with E-state index in [4.69, 9.17) is 0 Å². The number of halogens is 1. The normalized spacial score (nSPS) is 11.2. The molecular weight excluding hydrogens is 327 g/mol. The Kier molecular flexibility index (Phi) is 7.22. The first-order valence-electron chi connectivity index (χ1n) is 7.77. The van der Waals surface area contributed by atoms with E-state index in [0.29, 0.717) is 18.2 Å². The molecule has 0 radical (unpaired) electrons. The van der Waals surface area contributed by atoms with E-state index in [1.807, 2.05) is 18.4 Å². The highest BCUT2D eigenvalue weighted by molar-refractivity contribution is 7.09. The molecule has 0 aliphatic rings. The Balaban J connectivity index is 1.81. The molecule has 5 nitrogen and oxygen atoms in total. The van der Waals surface area contributed by atoms with E-state index in [9.17, 15) is 9.18 Å². The van der Waals surface area contributed by atoms with Crippen molar-refractivity contribution in [1.82, 2.24) is 10.6 Å². The Morgan fingerprint density at radius 3 is 2.83 bits per heavy atom. The molecule has 0 fully saturated rings. The number of nitrogens with zero attached hydrogens (tertiary/aromatic N) is 1. The van der Waals surface area contributed by atoms with Crippen LogP contribution in [0.3, 0.4) is 0 Å². The summed E-state index contributed by atoms with van der Waals surface area (Å²) in [6.07, 6.45) is 0.900. The van der Waals surface area contributed by atoms with Gasteiger partial charge in [-0.15, -0.1) is 11.3 Å². The molecule has 0 atom stereocenters. The van der Waals surface area contributed by atoms with Crippen LogP contribution in [0.15, 0.2) is 46.8 Å². The minimum atomic E-state index is -0.389. The molecule has 0 bridgehead atoms. The number of hydrogen-bond donors (Lipinski definition) is 3. The lowest BCUT2D eigenvalue weighted by atomic mass is 10.3. The zero-order chi connectivity index (χ0) is 17.2. The van der Waals surface area contributed by atoms with Crippen LogP contribution >= 0.6 is 11.3 Å². The molecule has 2 rings (SSSR count). The van der Waals surface area contributed by atoms with Crippen LogP contribution in [0.5, 0.6) is 0 Å². The Morgan fingerprint density at radius 1 is 1.25 bits per heavy atom. The van der Waals surface area contributed by atoms with Gasteiger partial charge in [0, 0.05) is 23.7 Å². The van der Waals surface area contributed by atoms with Crippen LogP contribution in [0.1, 0.15) is 11.8 Å². The summed E-state index contributed by atoms with van der Waals surface area (Å²) in [6, 6.07) is 9.89. The third kappa shape index (κ3) is 6.37. The van der Waals surface area contributed by atoms with Crippen LogP contribution in [0.4, 0.5) is 10.1 Å². The predicted molar refractivity (Wildman–Crippen MR) is 97.0 cm³/mol. The smallest absolute Gasteiger partial charge is 0.246 e. The van der Waals surface area contributed by atoms with Crippen molar-refractivity contribution in [3.05, 3.63) is 52.5 Å². The Bertz CT molecular complexity index is 673. The number of benzene rings is 1. The Labute approximate surface area is 145 Å². The molecule has 2 aromatic rings. The van der Waals surface area contributed by atoms with Gasteiger partial charge in [-0.05, 0) is 43.0 Å². The van der Waals surface area contributed by atoms with Crippen molar-refractivity contribution in [3.63, 3.8) is 0 Å². The maximum absolute atomic E-state index is 13.1. The van der Waals surface area contributed by atoms with Crippen LogP contribution in [0.25, 0.3) is 0 Å². The molecule has 0 saturated heterocycles. The van der Waals surface area contributed by atoms with Crippen LogP contribution in [-0.4, -0.2) is 31.5 Å². The largest absolute Gasteiger partial charge is 0.357 e. The van der Waals surface area contributed by atoms with Crippen LogP contribution in [0.2, 0.25) is 0 Å². The van der Waals surface area contributed by atoms with E-state index in [2.05, 4.69) is 27.0 Å². The average Bonchev–Trinajstić information content (AvgIpc) is 3.06. The first-order chi connectivity index (χ1) is 11.7. The zero-order valence-electron chi connectivity index (χ0n) is 13.5. The molecule has 1 heterocycles. The highest BCUT2D eigenvalue weighted by atomic mass is 32.1. The van der Waals surface area contributed by atoms with Gasteiger partial charge in [0.25, 0.3) is 0 Å². The molecule has 1 aromatic heterocycles. The SMILES string of the molecule is CCNC(=NCC(=O)Nc1cccc(F)c1)NCCc1cccs1. The number of guanidine groups is 1. The standard InChI is InChI=1S/C17H21FN4OS/c1-2-19-17(20-9-8-15-7-4-10-24-15)21-12-16(23)22-14-6-3-5-13(18)11-14/h3-7,10-11H,2,8-9,12H2,1H3,(H,22,23)(H2,19,20,21). The number of hydrogen-bond acceptors (Lipinski definition) is 3. The van der Waals surface area contributed by atoms with Crippen molar-refractivity contribution >= 4 is 28.9 Å². The van der Waals surface area contributed by atoms with Gasteiger partial charge < -0.3 is 16.0 Å². The van der Waals surface area contributed by atoms with Crippen molar-refractivity contribution in [2.45, 2.75) is 13.3 Å². The van der Waals surface area contributed by atoms with Crippen molar-refractivity contribution in [2.75, 3.05) is 25.0 Å². The van der Waals surface area contributed by atoms with Crippen LogP contribution < -0.4 is 16.0 Å². The molecule has 1 aromatic carbocycles. The maximum atomic E-state index is 13.1. The summed E-state index contributed by atoms with van der Waals surface area (Å²) in [5, 5.41) is 11.0. The Hall–Kier alpha value is -2.41. The molecule has 128 valence electrons. The second-order valence-electron chi connectivity index (χ2n) is 5.01. The van der Waals surface area contributed by atoms with E-state index in [1.54, 1.807) is 23.5 Å². The van der Waals surface area contributed by atoms with Gasteiger partial charge in [-0.25, -0.2) is 9.38 Å². The van der Waals surface area contributed by atoms with E-state index in [1.165, 1.54) is 17.0 Å². The fraction of sp³-hybridized carbons (Fsp3) is 0.294. The van der Waals surface area contributed by atoms with Gasteiger partial charge >= 0.3 is 0 Å². The fourth-order valence-corrected chi connectivity index (χ4v) is 2.73. The number of rotatable bonds is 7. The summed E-state index contributed by atoms with van der Waals surface area (Å²) in [5.74, 6) is -0.0978. The number of carbonyl (C=O) groups is 1. The third-order valence-corrected chi connectivity index (χ3v) is 4.01. The second-order valence-corrected chi connectivity index (χ2v) is 6.04. The van der Waals surface area contributed by atoms with Crippen molar-refractivity contribution < 1.29 is 9.18 Å². The highest BCUT2D eigenvalue weighted by Crippen LogP contribution is 2.09. The van der Waals surface area contributed by atoms with Crippen molar-refractivity contribution in [1.29, 1.82) is 0 Å².